The van der Waals surface area contributed by atoms with Crippen molar-refractivity contribution in [2.24, 2.45) is 0 Å². The Balaban J connectivity index is 2.22. The average Bonchev–Trinajstić information content (AvgIpc) is 2.71. The number of carboxylic acid groups (broad SMARTS) is 1. The fourth-order valence-corrected chi connectivity index (χ4v) is 2.67. The summed E-state index contributed by atoms with van der Waals surface area (Å²) in [5.41, 5.74) is 0.966. The highest BCUT2D eigenvalue weighted by Crippen LogP contribution is 2.26. The molecule has 0 fully saturated rings. The largest absolute Gasteiger partial charge is 0.497 e. The van der Waals surface area contributed by atoms with Crippen molar-refractivity contribution in [1.82, 2.24) is 5.32 Å². The summed E-state index contributed by atoms with van der Waals surface area (Å²) >= 11 is 0. The molecule has 0 radical (unpaired) electrons. The second-order valence-corrected chi connectivity index (χ2v) is 6.11. The quantitative estimate of drug-likeness (QED) is 0.649. The van der Waals surface area contributed by atoms with E-state index < -0.39 is 17.9 Å². The van der Waals surface area contributed by atoms with E-state index in [9.17, 15) is 14.7 Å². The first kappa shape index (κ1) is 21.1. The van der Waals surface area contributed by atoms with Crippen molar-refractivity contribution in [2.45, 2.75) is 25.8 Å². The first-order valence-electron chi connectivity index (χ1n) is 8.96. The molecule has 28 heavy (non-hydrogen) atoms. The van der Waals surface area contributed by atoms with E-state index in [4.69, 9.17) is 14.2 Å². The lowest BCUT2D eigenvalue weighted by Gasteiger charge is -2.19. The lowest BCUT2D eigenvalue weighted by Crippen LogP contribution is -2.30. The molecule has 0 aliphatic carbocycles. The van der Waals surface area contributed by atoms with Gasteiger partial charge >= 0.3 is 5.97 Å². The van der Waals surface area contributed by atoms with Crippen molar-refractivity contribution in [3.05, 3.63) is 53.6 Å². The van der Waals surface area contributed by atoms with E-state index in [2.05, 4.69) is 5.32 Å². The van der Waals surface area contributed by atoms with Crippen LogP contribution in [0.5, 0.6) is 17.2 Å². The van der Waals surface area contributed by atoms with Crippen LogP contribution in [0.1, 0.15) is 41.7 Å². The Morgan fingerprint density at radius 2 is 1.71 bits per heavy atom. The minimum atomic E-state index is -1.02. The molecule has 0 spiro atoms. The number of benzene rings is 2. The number of methoxy groups -OCH3 is 2. The summed E-state index contributed by atoms with van der Waals surface area (Å²) in [5.74, 6) is 0.144. The maximum Gasteiger partial charge on any atom is 0.305 e. The topological polar surface area (TPSA) is 94.1 Å². The fraction of sp³-hybridized carbons (Fsp3) is 0.333. The van der Waals surface area contributed by atoms with Gasteiger partial charge in [0, 0.05) is 6.07 Å². The molecule has 150 valence electrons. The van der Waals surface area contributed by atoms with E-state index in [1.54, 1.807) is 42.5 Å². The Kier molecular flexibility index (Phi) is 7.68. The minimum absolute atomic E-state index is 0.251. The van der Waals surface area contributed by atoms with Crippen LogP contribution in [0.3, 0.4) is 0 Å². The molecule has 0 unspecified atom stereocenters. The summed E-state index contributed by atoms with van der Waals surface area (Å²) in [6, 6.07) is 11.2. The van der Waals surface area contributed by atoms with Crippen LogP contribution in [0.4, 0.5) is 0 Å². The number of carbonyl (C=O) groups is 2. The molecule has 0 saturated heterocycles. The Labute approximate surface area is 164 Å². The Morgan fingerprint density at radius 1 is 1.04 bits per heavy atom. The van der Waals surface area contributed by atoms with Crippen LogP contribution < -0.4 is 19.5 Å². The van der Waals surface area contributed by atoms with Gasteiger partial charge in [-0.1, -0.05) is 19.1 Å². The Morgan fingerprint density at radius 3 is 2.29 bits per heavy atom. The van der Waals surface area contributed by atoms with E-state index in [0.717, 1.165) is 6.42 Å². The number of aliphatic carboxylic acids is 1. The highest BCUT2D eigenvalue weighted by molar-refractivity contribution is 5.97. The predicted octanol–water partition coefficient (Wildman–Crippen LogP) is 3.44. The molecule has 0 saturated carbocycles. The molecular weight excluding hydrogens is 362 g/mol. The number of amides is 1. The van der Waals surface area contributed by atoms with Crippen LogP contribution in [0.15, 0.2) is 42.5 Å². The van der Waals surface area contributed by atoms with Crippen molar-refractivity contribution < 1.29 is 28.9 Å². The van der Waals surface area contributed by atoms with Crippen molar-refractivity contribution >= 4 is 11.9 Å². The van der Waals surface area contributed by atoms with Crippen molar-refractivity contribution in [3.63, 3.8) is 0 Å². The van der Waals surface area contributed by atoms with Gasteiger partial charge in [0.25, 0.3) is 5.91 Å². The van der Waals surface area contributed by atoms with Crippen LogP contribution in [-0.4, -0.2) is 37.8 Å². The maximum absolute atomic E-state index is 12.7. The Hall–Kier alpha value is -3.22. The van der Waals surface area contributed by atoms with Crippen LogP contribution in [0.25, 0.3) is 0 Å². The van der Waals surface area contributed by atoms with E-state index in [-0.39, 0.29) is 6.42 Å². The van der Waals surface area contributed by atoms with Crippen LogP contribution in [0, 0.1) is 0 Å². The molecule has 2 aromatic rings. The van der Waals surface area contributed by atoms with E-state index in [1.807, 2.05) is 6.92 Å². The minimum Gasteiger partial charge on any atom is -0.497 e. The third-order valence-electron chi connectivity index (χ3n) is 4.09. The van der Waals surface area contributed by atoms with Crippen molar-refractivity contribution in [2.75, 3.05) is 20.8 Å². The molecule has 0 bridgehead atoms. The molecule has 7 nitrogen and oxygen atoms in total. The molecule has 2 N–H and O–H groups in total. The van der Waals surface area contributed by atoms with Gasteiger partial charge in [0.05, 0.1) is 38.9 Å². The molecule has 0 aliphatic rings. The van der Waals surface area contributed by atoms with Crippen molar-refractivity contribution in [3.8, 4) is 17.2 Å². The molecule has 0 heterocycles. The van der Waals surface area contributed by atoms with E-state index in [0.29, 0.717) is 35.0 Å². The van der Waals surface area contributed by atoms with Gasteiger partial charge in [0.1, 0.15) is 17.2 Å². The molecular formula is C21H25NO6. The molecule has 7 heteroatoms. The van der Waals surface area contributed by atoms with Gasteiger partial charge < -0.3 is 24.6 Å². The van der Waals surface area contributed by atoms with E-state index >= 15 is 0 Å². The zero-order chi connectivity index (χ0) is 20.5. The average molecular weight is 387 g/mol. The SMILES string of the molecule is CCCOc1ccc([C@@H](CC(=O)O)NC(=O)c2ccc(OC)cc2OC)cc1. The highest BCUT2D eigenvalue weighted by Gasteiger charge is 2.21. The van der Waals surface area contributed by atoms with Gasteiger partial charge in [-0.2, -0.15) is 0 Å². The van der Waals surface area contributed by atoms with Crippen LogP contribution in [0.2, 0.25) is 0 Å². The summed E-state index contributed by atoms with van der Waals surface area (Å²) < 4.78 is 15.9. The zero-order valence-corrected chi connectivity index (χ0v) is 16.2. The second-order valence-electron chi connectivity index (χ2n) is 6.11. The van der Waals surface area contributed by atoms with Gasteiger partial charge in [0.15, 0.2) is 0 Å². The summed E-state index contributed by atoms with van der Waals surface area (Å²) in [6.45, 7) is 2.62. The number of rotatable bonds is 10. The first-order chi connectivity index (χ1) is 13.5. The van der Waals surface area contributed by atoms with Crippen molar-refractivity contribution in [1.29, 1.82) is 0 Å². The van der Waals surface area contributed by atoms with Gasteiger partial charge in [-0.15, -0.1) is 0 Å². The third kappa shape index (κ3) is 5.64. The van der Waals surface area contributed by atoms with Gasteiger partial charge in [0.2, 0.25) is 0 Å². The number of hydrogen-bond donors (Lipinski definition) is 2. The molecule has 1 amide bonds. The molecule has 0 aromatic heterocycles. The number of ether oxygens (including phenoxy) is 3. The first-order valence-corrected chi connectivity index (χ1v) is 8.96. The summed E-state index contributed by atoms with van der Waals surface area (Å²) in [5, 5.41) is 12.0. The lowest BCUT2D eigenvalue weighted by atomic mass is 10.0. The number of nitrogens with one attached hydrogen (secondary N) is 1. The summed E-state index contributed by atoms with van der Waals surface area (Å²) in [7, 11) is 2.97. The smallest absolute Gasteiger partial charge is 0.305 e. The van der Waals surface area contributed by atoms with Crippen LogP contribution in [-0.2, 0) is 4.79 Å². The number of carbonyl (C=O) groups excluding carboxylic acids is 1. The number of hydrogen-bond acceptors (Lipinski definition) is 5. The summed E-state index contributed by atoms with van der Waals surface area (Å²) in [6.07, 6.45) is 0.641. The van der Waals surface area contributed by atoms with Gasteiger partial charge in [-0.05, 0) is 36.2 Å². The zero-order valence-electron chi connectivity index (χ0n) is 16.2. The number of carboxylic acids is 1. The van der Waals surface area contributed by atoms with Gasteiger partial charge in [-0.25, -0.2) is 0 Å². The third-order valence-corrected chi connectivity index (χ3v) is 4.09. The molecule has 0 aliphatic heterocycles. The van der Waals surface area contributed by atoms with E-state index in [1.165, 1.54) is 14.2 Å². The normalized spacial score (nSPS) is 11.4. The molecule has 2 aromatic carbocycles. The molecule has 2 rings (SSSR count). The second kappa shape index (κ2) is 10.2. The molecule has 1 atom stereocenters. The van der Waals surface area contributed by atoms with Gasteiger partial charge in [-0.3, -0.25) is 9.59 Å². The highest BCUT2D eigenvalue weighted by atomic mass is 16.5. The predicted molar refractivity (Wildman–Crippen MR) is 104 cm³/mol. The fourth-order valence-electron chi connectivity index (χ4n) is 2.67. The monoisotopic (exact) mass is 387 g/mol. The Bertz CT molecular complexity index is 803. The summed E-state index contributed by atoms with van der Waals surface area (Å²) in [4.78, 5) is 24.0. The lowest BCUT2D eigenvalue weighted by molar-refractivity contribution is -0.137. The van der Waals surface area contributed by atoms with Crippen LogP contribution >= 0.6 is 0 Å². The standard InChI is InChI=1S/C21H25NO6/c1-4-11-28-15-7-5-14(6-8-15)18(13-20(23)24)22-21(25)17-10-9-16(26-2)12-19(17)27-3/h5-10,12,18H,4,11,13H2,1-3H3,(H,22,25)(H,23,24)/t18-/m1/s1. The maximum atomic E-state index is 12.7.